The molecule has 20 heavy (non-hydrogen) atoms. The number of carbonyl (C=O) groups is 2. The van der Waals surface area contributed by atoms with Crippen molar-refractivity contribution in [2.45, 2.75) is 6.54 Å². The molecule has 6 heteroatoms. The van der Waals surface area contributed by atoms with Gasteiger partial charge >= 0.3 is 0 Å². The zero-order chi connectivity index (χ0) is 14.4. The highest BCUT2D eigenvalue weighted by Gasteiger charge is 2.06. The molecule has 6 nitrogen and oxygen atoms in total. The van der Waals surface area contributed by atoms with Gasteiger partial charge < -0.3 is 20.8 Å². The van der Waals surface area contributed by atoms with Gasteiger partial charge in [0.05, 0.1) is 6.26 Å². The summed E-state index contributed by atoms with van der Waals surface area (Å²) < 4.78 is 5.16. The van der Waals surface area contributed by atoms with Crippen LogP contribution in [0.4, 0.5) is 5.69 Å². The number of furan rings is 1. The van der Waals surface area contributed by atoms with E-state index in [0.717, 1.165) is 5.76 Å². The van der Waals surface area contributed by atoms with Gasteiger partial charge in [-0.25, -0.2) is 0 Å². The first-order chi connectivity index (χ1) is 9.65. The fourth-order valence-corrected chi connectivity index (χ4v) is 1.70. The number of primary amides is 1. The van der Waals surface area contributed by atoms with Crippen molar-refractivity contribution in [3.8, 4) is 0 Å². The zero-order valence-electron chi connectivity index (χ0n) is 10.8. The van der Waals surface area contributed by atoms with Crippen LogP contribution in [0.25, 0.3) is 0 Å². The van der Waals surface area contributed by atoms with E-state index < -0.39 is 5.91 Å². The lowest BCUT2D eigenvalue weighted by Crippen LogP contribution is -2.84. The molecule has 1 heterocycles. The lowest BCUT2D eigenvalue weighted by atomic mass is 10.2. The summed E-state index contributed by atoms with van der Waals surface area (Å²) in [5.74, 6) is 0.210. The molecule has 2 rings (SSSR count). The number of hydrogen-bond acceptors (Lipinski definition) is 3. The van der Waals surface area contributed by atoms with E-state index in [4.69, 9.17) is 10.2 Å². The van der Waals surface area contributed by atoms with Gasteiger partial charge in [0.1, 0.15) is 6.54 Å². The van der Waals surface area contributed by atoms with Crippen LogP contribution in [-0.2, 0) is 11.3 Å². The summed E-state index contributed by atoms with van der Waals surface area (Å²) in [5.41, 5.74) is 6.18. The van der Waals surface area contributed by atoms with Crippen molar-refractivity contribution in [3.05, 3.63) is 54.0 Å². The van der Waals surface area contributed by atoms with Gasteiger partial charge in [0.15, 0.2) is 12.3 Å². The number of rotatable bonds is 6. The predicted octanol–water partition coefficient (Wildman–Crippen LogP) is 0.0806. The third-order valence-corrected chi connectivity index (χ3v) is 2.71. The molecule has 0 bridgehead atoms. The van der Waals surface area contributed by atoms with Crippen LogP contribution in [0.2, 0.25) is 0 Å². The molecule has 104 valence electrons. The van der Waals surface area contributed by atoms with E-state index >= 15 is 0 Å². The second-order valence-electron chi connectivity index (χ2n) is 4.27. The van der Waals surface area contributed by atoms with Gasteiger partial charge in [-0.05, 0) is 36.4 Å². The molecule has 5 N–H and O–H groups in total. The third kappa shape index (κ3) is 3.96. The Morgan fingerprint density at radius 2 is 1.95 bits per heavy atom. The molecule has 0 spiro atoms. The van der Waals surface area contributed by atoms with Crippen LogP contribution in [-0.4, -0.2) is 18.4 Å². The second kappa shape index (κ2) is 6.53. The Bertz CT molecular complexity index is 576. The molecule has 2 amide bonds. The highest BCUT2D eigenvalue weighted by Crippen LogP contribution is 2.08. The number of carbonyl (C=O) groups excluding carboxylic acids is 2. The minimum Gasteiger partial charge on any atom is -0.463 e. The largest absolute Gasteiger partial charge is 0.463 e. The summed E-state index contributed by atoms with van der Waals surface area (Å²) in [6.45, 7) is 0.902. The van der Waals surface area contributed by atoms with Gasteiger partial charge in [0.2, 0.25) is 5.91 Å². The average Bonchev–Trinajstić information content (AvgIpc) is 2.92. The lowest BCUT2D eigenvalue weighted by molar-refractivity contribution is -0.661. The van der Waals surface area contributed by atoms with E-state index in [0.29, 0.717) is 17.8 Å². The van der Waals surface area contributed by atoms with Gasteiger partial charge in [0, 0.05) is 11.3 Å². The fraction of sp³-hybridized carbons (Fsp3) is 0.143. The Balaban J connectivity index is 1.77. The predicted molar refractivity (Wildman–Crippen MR) is 72.8 cm³/mol. The van der Waals surface area contributed by atoms with E-state index in [1.165, 1.54) is 0 Å². The van der Waals surface area contributed by atoms with Gasteiger partial charge in [-0.3, -0.25) is 9.59 Å². The minimum absolute atomic E-state index is 0.122. The Hall–Kier alpha value is -2.60. The van der Waals surface area contributed by atoms with Crippen molar-refractivity contribution < 1.29 is 19.3 Å². The van der Waals surface area contributed by atoms with Crippen molar-refractivity contribution in [1.29, 1.82) is 0 Å². The molecule has 1 aromatic heterocycles. The van der Waals surface area contributed by atoms with Gasteiger partial charge in [-0.15, -0.1) is 0 Å². The molecule has 0 aliphatic carbocycles. The molecule has 0 radical (unpaired) electrons. The Labute approximate surface area is 116 Å². The molecule has 2 aromatic rings. The first-order valence-corrected chi connectivity index (χ1v) is 6.19. The topological polar surface area (TPSA) is 102 Å². The van der Waals surface area contributed by atoms with Crippen molar-refractivity contribution in [2.75, 3.05) is 11.9 Å². The van der Waals surface area contributed by atoms with E-state index in [9.17, 15) is 9.59 Å². The second-order valence-corrected chi connectivity index (χ2v) is 4.27. The molecule has 0 aliphatic heterocycles. The van der Waals surface area contributed by atoms with Crippen molar-refractivity contribution in [3.63, 3.8) is 0 Å². The number of hydrogen-bond donors (Lipinski definition) is 3. The normalized spacial score (nSPS) is 10.2. The van der Waals surface area contributed by atoms with E-state index in [1.54, 1.807) is 30.5 Å². The van der Waals surface area contributed by atoms with Crippen molar-refractivity contribution >= 4 is 17.5 Å². The summed E-state index contributed by atoms with van der Waals surface area (Å²) in [6, 6.07) is 10.1. The maximum absolute atomic E-state index is 11.7. The molecule has 0 saturated heterocycles. The molecule has 0 atom stereocenters. The molecule has 1 aromatic carbocycles. The van der Waals surface area contributed by atoms with E-state index in [-0.39, 0.29) is 12.5 Å². The first-order valence-electron chi connectivity index (χ1n) is 6.19. The van der Waals surface area contributed by atoms with Crippen LogP contribution >= 0.6 is 0 Å². The third-order valence-electron chi connectivity index (χ3n) is 2.71. The van der Waals surface area contributed by atoms with Crippen LogP contribution in [0.15, 0.2) is 47.1 Å². The Morgan fingerprint density at radius 1 is 1.20 bits per heavy atom. The van der Waals surface area contributed by atoms with Gasteiger partial charge in [-0.2, -0.15) is 0 Å². The van der Waals surface area contributed by atoms with Crippen molar-refractivity contribution in [1.82, 2.24) is 0 Å². The number of benzene rings is 1. The fourth-order valence-electron chi connectivity index (χ4n) is 1.70. The quantitative estimate of drug-likeness (QED) is 0.695. The van der Waals surface area contributed by atoms with Gasteiger partial charge in [0.25, 0.3) is 5.91 Å². The minimum atomic E-state index is -0.491. The molecular weight excluding hydrogens is 258 g/mol. The number of amides is 2. The number of anilines is 1. The summed E-state index contributed by atoms with van der Waals surface area (Å²) in [6.07, 6.45) is 1.60. The van der Waals surface area contributed by atoms with Crippen LogP contribution in [0, 0.1) is 0 Å². The number of nitrogens with two attached hydrogens (primary N) is 2. The molecule has 0 aliphatic rings. The van der Waals surface area contributed by atoms with Crippen LogP contribution < -0.4 is 16.4 Å². The Kier molecular flexibility index (Phi) is 4.52. The smallest absolute Gasteiger partial charge is 0.279 e. The van der Waals surface area contributed by atoms with Gasteiger partial charge in [-0.1, -0.05) is 0 Å². The standard InChI is InChI=1S/C14H15N3O3/c15-14(19)10-3-5-11(6-4-10)17-13(18)9-16-8-12-2-1-7-20-12/h1-7,16H,8-9H2,(H2,15,19)(H,17,18)/p+1. The van der Waals surface area contributed by atoms with E-state index in [1.807, 2.05) is 17.4 Å². The lowest BCUT2D eigenvalue weighted by Gasteiger charge is -2.04. The van der Waals surface area contributed by atoms with Crippen LogP contribution in [0.5, 0.6) is 0 Å². The molecule has 0 fully saturated rings. The number of quaternary nitrogens is 1. The maximum Gasteiger partial charge on any atom is 0.279 e. The number of nitrogens with one attached hydrogen (secondary N) is 1. The monoisotopic (exact) mass is 274 g/mol. The highest BCUT2D eigenvalue weighted by atomic mass is 16.3. The highest BCUT2D eigenvalue weighted by molar-refractivity contribution is 5.94. The molecule has 0 saturated carbocycles. The van der Waals surface area contributed by atoms with E-state index in [2.05, 4.69) is 5.32 Å². The average molecular weight is 274 g/mol. The maximum atomic E-state index is 11.7. The summed E-state index contributed by atoms with van der Waals surface area (Å²) in [5, 5.41) is 4.57. The summed E-state index contributed by atoms with van der Waals surface area (Å²) in [4.78, 5) is 22.6. The summed E-state index contributed by atoms with van der Waals surface area (Å²) in [7, 11) is 0. The van der Waals surface area contributed by atoms with Crippen LogP contribution in [0.3, 0.4) is 0 Å². The van der Waals surface area contributed by atoms with Crippen LogP contribution in [0.1, 0.15) is 16.1 Å². The SMILES string of the molecule is NC(=O)c1ccc(NC(=O)C[NH2+]Cc2ccco2)cc1. The van der Waals surface area contributed by atoms with Crippen molar-refractivity contribution in [2.24, 2.45) is 5.73 Å². The first kappa shape index (κ1) is 13.8. The molecule has 0 unspecified atom stereocenters. The summed E-state index contributed by atoms with van der Waals surface area (Å²) >= 11 is 0. The molecular formula is C14H16N3O3+. The Morgan fingerprint density at radius 3 is 2.55 bits per heavy atom. The zero-order valence-corrected chi connectivity index (χ0v) is 10.8.